The van der Waals surface area contributed by atoms with Gasteiger partial charge in [0, 0.05) is 11.1 Å². The number of alkyl halides is 3. The summed E-state index contributed by atoms with van der Waals surface area (Å²) in [6.45, 7) is 0. The van der Waals surface area contributed by atoms with Crippen LogP contribution in [-0.4, -0.2) is 17.8 Å². The third-order valence-corrected chi connectivity index (χ3v) is 5.49. The van der Waals surface area contributed by atoms with Crippen molar-refractivity contribution in [3.63, 3.8) is 0 Å². The number of para-hydroxylation sites is 1. The van der Waals surface area contributed by atoms with Gasteiger partial charge in [0.1, 0.15) is 5.70 Å². The first-order valence-corrected chi connectivity index (χ1v) is 10.4. The molecule has 170 valence electrons. The van der Waals surface area contributed by atoms with Gasteiger partial charge in [-0.15, -0.1) is 0 Å². The van der Waals surface area contributed by atoms with Gasteiger partial charge in [-0.1, -0.05) is 65.1 Å². The van der Waals surface area contributed by atoms with Crippen molar-refractivity contribution < 1.29 is 18.0 Å². The quantitative estimate of drug-likeness (QED) is 0.349. The zero-order valence-corrected chi connectivity index (χ0v) is 18.9. The smallest absolute Gasteiger partial charge is 0.395 e. The van der Waals surface area contributed by atoms with Crippen molar-refractivity contribution in [1.29, 1.82) is 0 Å². The molecule has 0 aliphatic carbocycles. The summed E-state index contributed by atoms with van der Waals surface area (Å²) in [7, 11) is 0. The number of nitrogens with two attached hydrogens (primary N) is 1. The molecule has 3 aromatic rings. The van der Waals surface area contributed by atoms with Crippen LogP contribution in [0.4, 0.5) is 24.5 Å². The van der Waals surface area contributed by atoms with Gasteiger partial charge in [-0.05, 0) is 42.5 Å². The Morgan fingerprint density at radius 2 is 1.48 bits per heavy atom. The van der Waals surface area contributed by atoms with Gasteiger partial charge in [0.2, 0.25) is 0 Å². The van der Waals surface area contributed by atoms with Crippen LogP contribution >= 0.6 is 34.8 Å². The van der Waals surface area contributed by atoms with Crippen LogP contribution in [-0.2, 0) is 0 Å². The lowest BCUT2D eigenvalue weighted by Gasteiger charge is -2.10. The number of rotatable bonds is 5. The zero-order chi connectivity index (χ0) is 24.2. The lowest BCUT2D eigenvalue weighted by atomic mass is 10.1. The summed E-state index contributed by atoms with van der Waals surface area (Å²) in [5.74, 6) is -0.486. The van der Waals surface area contributed by atoms with E-state index in [2.05, 4.69) is 10.3 Å². The summed E-state index contributed by atoms with van der Waals surface area (Å²) in [5.41, 5.74) is 4.91. The molecule has 0 heterocycles. The number of aliphatic imine (C=N–C) groups is 1. The number of carbonyl (C=O) groups is 1. The van der Waals surface area contributed by atoms with Crippen molar-refractivity contribution in [2.24, 2.45) is 10.7 Å². The van der Waals surface area contributed by atoms with Crippen molar-refractivity contribution in [1.82, 2.24) is 0 Å². The lowest BCUT2D eigenvalue weighted by Crippen LogP contribution is -2.21. The average molecular weight is 513 g/mol. The minimum absolute atomic E-state index is 0.0808. The van der Waals surface area contributed by atoms with Gasteiger partial charge in [0.25, 0.3) is 5.91 Å². The third-order valence-electron chi connectivity index (χ3n) is 4.36. The number of benzene rings is 3. The molecule has 33 heavy (non-hydrogen) atoms. The van der Waals surface area contributed by atoms with Gasteiger partial charge < -0.3 is 11.1 Å². The summed E-state index contributed by atoms with van der Waals surface area (Å²) in [4.78, 5) is 16.8. The van der Waals surface area contributed by atoms with E-state index < -0.39 is 17.8 Å². The zero-order valence-electron chi connectivity index (χ0n) is 16.6. The number of halogens is 6. The standard InChI is InChI=1S/C23H15Cl3F3N3O/c24-15-4-1-2-6-17(15)31-19(12-20(30)23(27,28)29)13-8-10-14(11-9-13)22(33)32-18-7-3-5-16(25)21(18)26/h1-12H,30H2,(H,32,33)/b20-12-,31-19?. The minimum Gasteiger partial charge on any atom is -0.395 e. The third kappa shape index (κ3) is 6.28. The van der Waals surface area contributed by atoms with Gasteiger partial charge in [0.05, 0.1) is 32.2 Å². The van der Waals surface area contributed by atoms with E-state index in [0.717, 1.165) is 0 Å². The monoisotopic (exact) mass is 511 g/mol. The fourth-order valence-corrected chi connectivity index (χ4v) is 3.19. The second-order valence-electron chi connectivity index (χ2n) is 6.68. The highest BCUT2D eigenvalue weighted by atomic mass is 35.5. The fraction of sp³-hybridized carbons (Fsp3) is 0.0435. The fourth-order valence-electron chi connectivity index (χ4n) is 2.67. The number of hydrogen-bond acceptors (Lipinski definition) is 3. The van der Waals surface area contributed by atoms with Gasteiger partial charge in [-0.25, -0.2) is 4.99 Å². The Bertz CT molecular complexity index is 1240. The van der Waals surface area contributed by atoms with Crippen molar-refractivity contribution in [3.8, 4) is 0 Å². The lowest BCUT2D eigenvalue weighted by molar-refractivity contribution is -0.0925. The highest BCUT2D eigenvalue weighted by molar-refractivity contribution is 6.44. The molecule has 0 atom stereocenters. The van der Waals surface area contributed by atoms with Crippen LogP contribution < -0.4 is 11.1 Å². The Labute approximate surface area is 202 Å². The van der Waals surface area contributed by atoms with E-state index in [9.17, 15) is 18.0 Å². The molecule has 0 saturated carbocycles. The van der Waals surface area contributed by atoms with Crippen molar-refractivity contribution in [2.45, 2.75) is 6.18 Å². The maximum atomic E-state index is 13.0. The van der Waals surface area contributed by atoms with E-state index in [1.54, 1.807) is 42.5 Å². The molecule has 0 fully saturated rings. The van der Waals surface area contributed by atoms with E-state index in [1.807, 2.05) is 0 Å². The number of allylic oxidation sites excluding steroid dienone is 2. The van der Waals surface area contributed by atoms with Crippen LogP contribution in [0.15, 0.2) is 83.5 Å². The first kappa shape index (κ1) is 24.6. The second-order valence-corrected chi connectivity index (χ2v) is 7.87. The molecule has 3 aromatic carbocycles. The molecule has 0 aliphatic heterocycles. The Hall–Kier alpha value is -3.00. The highest BCUT2D eigenvalue weighted by Gasteiger charge is 2.31. The highest BCUT2D eigenvalue weighted by Crippen LogP contribution is 2.30. The van der Waals surface area contributed by atoms with E-state index in [0.29, 0.717) is 17.3 Å². The van der Waals surface area contributed by atoms with Gasteiger partial charge in [-0.3, -0.25) is 4.79 Å². The summed E-state index contributed by atoms with van der Waals surface area (Å²) >= 11 is 18.1. The Morgan fingerprint density at radius 1 is 0.879 bits per heavy atom. The molecule has 10 heteroatoms. The van der Waals surface area contributed by atoms with Crippen LogP contribution in [0.3, 0.4) is 0 Å². The molecule has 0 bridgehead atoms. The molecule has 0 saturated heterocycles. The van der Waals surface area contributed by atoms with E-state index in [4.69, 9.17) is 40.5 Å². The largest absolute Gasteiger partial charge is 0.430 e. The summed E-state index contributed by atoms with van der Waals surface area (Å²) in [6, 6.07) is 17.0. The first-order chi connectivity index (χ1) is 15.6. The van der Waals surface area contributed by atoms with Crippen molar-refractivity contribution in [2.75, 3.05) is 5.32 Å². The van der Waals surface area contributed by atoms with Gasteiger partial charge >= 0.3 is 6.18 Å². The number of nitrogens with zero attached hydrogens (tertiary/aromatic N) is 1. The molecule has 0 spiro atoms. The molecule has 0 aliphatic rings. The number of nitrogens with one attached hydrogen (secondary N) is 1. The number of hydrogen-bond donors (Lipinski definition) is 2. The Kier molecular flexibility index (Phi) is 7.68. The topological polar surface area (TPSA) is 67.5 Å². The summed E-state index contributed by atoms with van der Waals surface area (Å²) in [5, 5.41) is 3.35. The predicted octanol–water partition coefficient (Wildman–Crippen LogP) is 7.42. The Morgan fingerprint density at radius 3 is 2.12 bits per heavy atom. The second kappa shape index (κ2) is 10.3. The van der Waals surface area contributed by atoms with E-state index in [1.165, 1.54) is 24.3 Å². The molecule has 3 rings (SSSR count). The summed E-state index contributed by atoms with van der Waals surface area (Å²) in [6.07, 6.45) is -4.03. The normalized spacial score (nSPS) is 12.5. The van der Waals surface area contributed by atoms with E-state index in [-0.39, 0.29) is 32.0 Å². The molecule has 0 aromatic heterocycles. The van der Waals surface area contributed by atoms with Gasteiger partial charge in [-0.2, -0.15) is 13.2 Å². The molecule has 0 unspecified atom stereocenters. The Balaban J connectivity index is 1.95. The predicted molar refractivity (Wildman–Crippen MR) is 127 cm³/mol. The molecule has 4 nitrogen and oxygen atoms in total. The maximum absolute atomic E-state index is 13.0. The van der Waals surface area contributed by atoms with Crippen molar-refractivity contribution >= 4 is 57.8 Å². The average Bonchev–Trinajstić information content (AvgIpc) is 2.77. The van der Waals surface area contributed by atoms with Crippen LogP contribution in [0, 0.1) is 0 Å². The van der Waals surface area contributed by atoms with Crippen LogP contribution in [0.1, 0.15) is 15.9 Å². The van der Waals surface area contributed by atoms with Crippen LogP contribution in [0.2, 0.25) is 15.1 Å². The summed E-state index contributed by atoms with van der Waals surface area (Å²) < 4.78 is 39.1. The number of amides is 1. The van der Waals surface area contributed by atoms with E-state index >= 15 is 0 Å². The minimum atomic E-state index is -4.74. The first-order valence-electron chi connectivity index (χ1n) is 9.29. The van der Waals surface area contributed by atoms with Crippen LogP contribution in [0.5, 0.6) is 0 Å². The molecule has 0 radical (unpaired) electrons. The SMILES string of the molecule is N/C(=C\C(=Nc1ccccc1Cl)c1ccc(C(=O)Nc2cccc(Cl)c2Cl)cc1)C(F)(F)F. The molecular weight excluding hydrogens is 498 g/mol. The van der Waals surface area contributed by atoms with Gasteiger partial charge in [0.15, 0.2) is 0 Å². The molecule has 3 N–H and O–H groups in total. The maximum Gasteiger partial charge on any atom is 0.430 e. The molecule has 1 amide bonds. The van der Waals surface area contributed by atoms with Crippen LogP contribution in [0.25, 0.3) is 0 Å². The van der Waals surface area contributed by atoms with Crippen molar-refractivity contribution in [3.05, 3.63) is 105 Å². The molecular formula is C23H15Cl3F3N3O. The number of carbonyl (C=O) groups excluding carboxylic acids is 1. The number of anilines is 1.